The minimum Gasteiger partial charge on any atom is -0.351 e. The molecule has 0 aliphatic rings. The molecular weight excluding hydrogens is 464 g/mol. The number of amides is 1. The molecule has 0 spiro atoms. The van der Waals surface area contributed by atoms with Crippen molar-refractivity contribution in [2.24, 2.45) is 0 Å². The summed E-state index contributed by atoms with van der Waals surface area (Å²) in [6, 6.07) is 11.4. The first-order chi connectivity index (χ1) is 15.7. The van der Waals surface area contributed by atoms with Crippen LogP contribution >= 0.6 is 34.7 Å². The van der Waals surface area contributed by atoms with Crippen LogP contribution in [0, 0.1) is 0 Å². The number of nitrogens with one attached hydrogen (secondary N) is 1. The Morgan fingerprint density at radius 3 is 2.94 bits per heavy atom. The Bertz CT molecular complexity index is 1190. The van der Waals surface area contributed by atoms with E-state index in [9.17, 15) is 4.79 Å². The van der Waals surface area contributed by atoms with Crippen molar-refractivity contribution in [3.05, 3.63) is 69.9 Å². The van der Waals surface area contributed by atoms with Gasteiger partial charge in [-0.3, -0.25) is 14.3 Å². The van der Waals surface area contributed by atoms with Crippen LogP contribution in [-0.4, -0.2) is 37.2 Å². The van der Waals surface area contributed by atoms with Gasteiger partial charge in [0.2, 0.25) is 0 Å². The highest BCUT2D eigenvalue weighted by molar-refractivity contribution is 7.98. The first-order valence-electron chi connectivity index (χ1n) is 10.1. The van der Waals surface area contributed by atoms with E-state index in [-0.39, 0.29) is 5.91 Å². The van der Waals surface area contributed by atoms with E-state index in [4.69, 9.17) is 11.6 Å². The zero-order chi connectivity index (χ0) is 22.3. The van der Waals surface area contributed by atoms with Crippen molar-refractivity contribution < 1.29 is 4.79 Å². The summed E-state index contributed by atoms with van der Waals surface area (Å²) in [5.41, 5.74) is 2.17. The van der Waals surface area contributed by atoms with E-state index < -0.39 is 0 Å². The van der Waals surface area contributed by atoms with Gasteiger partial charge in [0, 0.05) is 34.9 Å². The van der Waals surface area contributed by atoms with Crippen molar-refractivity contribution in [2.75, 3.05) is 6.54 Å². The number of carbonyl (C=O) groups excluding carboxylic acids is 1. The maximum absolute atomic E-state index is 12.2. The number of hydrogen-bond donors (Lipinski definition) is 1. The Balaban J connectivity index is 1.56. The van der Waals surface area contributed by atoms with Crippen LogP contribution in [-0.2, 0) is 5.75 Å². The van der Waals surface area contributed by atoms with Crippen LogP contribution in [0.4, 0.5) is 0 Å². The number of rotatable bonds is 9. The van der Waals surface area contributed by atoms with Gasteiger partial charge in [0.05, 0.1) is 11.4 Å². The Kier molecular flexibility index (Phi) is 7.51. The molecule has 4 aromatic rings. The van der Waals surface area contributed by atoms with E-state index in [1.807, 2.05) is 41.0 Å². The standard InChI is InChI=1S/C22H21ClN6OS2/c1-2-3-10-25-21(30)18-13-31-19(26-18)14-32-22-28-27-20(15-6-5-9-24-12-15)29(22)17-8-4-7-16(23)11-17/h4-9,11-13H,2-3,10,14H2,1H3,(H,25,30). The van der Waals surface area contributed by atoms with Crippen molar-refractivity contribution in [3.8, 4) is 17.1 Å². The normalized spacial score (nSPS) is 10.9. The third kappa shape index (κ3) is 5.35. The predicted molar refractivity (Wildman–Crippen MR) is 129 cm³/mol. The summed E-state index contributed by atoms with van der Waals surface area (Å²) >= 11 is 9.21. The number of hydrogen-bond acceptors (Lipinski definition) is 7. The quantitative estimate of drug-likeness (QED) is 0.257. The molecule has 164 valence electrons. The maximum Gasteiger partial charge on any atom is 0.270 e. The number of thioether (sulfide) groups is 1. The molecule has 0 aliphatic heterocycles. The van der Waals surface area contributed by atoms with Gasteiger partial charge in [0.15, 0.2) is 11.0 Å². The molecule has 0 bridgehead atoms. The van der Waals surface area contributed by atoms with Crippen molar-refractivity contribution in [1.29, 1.82) is 0 Å². The second-order valence-corrected chi connectivity index (χ2v) is 9.21. The highest BCUT2D eigenvalue weighted by Gasteiger charge is 2.18. The minimum absolute atomic E-state index is 0.132. The molecule has 0 aliphatic carbocycles. The van der Waals surface area contributed by atoms with Crippen molar-refractivity contribution in [1.82, 2.24) is 30.0 Å². The van der Waals surface area contributed by atoms with Gasteiger partial charge in [-0.25, -0.2) is 4.98 Å². The third-order valence-corrected chi connectivity index (χ3v) is 6.75. The van der Waals surface area contributed by atoms with Crippen LogP contribution in [0.25, 0.3) is 17.1 Å². The highest BCUT2D eigenvalue weighted by atomic mass is 35.5. The van der Waals surface area contributed by atoms with E-state index in [1.54, 1.807) is 17.8 Å². The maximum atomic E-state index is 12.2. The summed E-state index contributed by atoms with van der Waals surface area (Å²) < 4.78 is 1.96. The third-order valence-electron chi connectivity index (χ3n) is 4.54. The average molecular weight is 485 g/mol. The summed E-state index contributed by atoms with van der Waals surface area (Å²) in [7, 11) is 0. The van der Waals surface area contributed by atoms with Gasteiger partial charge in [-0.1, -0.05) is 42.8 Å². The highest BCUT2D eigenvalue weighted by Crippen LogP contribution is 2.31. The molecular formula is C22H21ClN6OS2. The second kappa shape index (κ2) is 10.7. The monoisotopic (exact) mass is 484 g/mol. The SMILES string of the molecule is CCCCNC(=O)c1csc(CSc2nnc(-c3cccnc3)n2-c2cccc(Cl)c2)n1. The van der Waals surface area contributed by atoms with Gasteiger partial charge in [0.25, 0.3) is 5.91 Å². The van der Waals surface area contributed by atoms with Crippen LogP contribution in [0.1, 0.15) is 35.3 Å². The summed E-state index contributed by atoms with van der Waals surface area (Å²) in [6.07, 6.45) is 5.46. The largest absolute Gasteiger partial charge is 0.351 e. The van der Waals surface area contributed by atoms with Gasteiger partial charge < -0.3 is 5.32 Å². The van der Waals surface area contributed by atoms with Gasteiger partial charge in [-0.2, -0.15) is 0 Å². The van der Waals surface area contributed by atoms with Gasteiger partial charge in [0.1, 0.15) is 10.7 Å². The Labute approximate surface area is 199 Å². The lowest BCUT2D eigenvalue weighted by Crippen LogP contribution is -2.24. The molecule has 0 atom stereocenters. The predicted octanol–water partition coefficient (Wildman–Crippen LogP) is 5.26. The zero-order valence-corrected chi connectivity index (χ0v) is 19.8. The van der Waals surface area contributed by atoms with Crippen LogP contribution < -0.4 is 5.32 Å². The number of carbonyl (C=O) groups is 1. The van der Waals surface area contributed by atoms with Crippen LogP contribution in [0.3, 0.4) is 0 Å². The second-order valence-electron chi connectivity index (χ2n) is 6.89. The molecule has 0 fully saturated rings. The topological polar surface area (TPSA) is 85.6 Å². The Hall–Kier alpha value is -2.75. The van der Waals surface area contributed by atoms with Gasteiger partial charge >= 0.3 is 0 Å². The van der Waals surface area contributed by atoms with E-state index >= 15 is 0 Å². The molecule has 1 N–H and O–H groups in total. The van der Waals surface area contributed by atoms with Crippen LogP contribution in [0.5, 0.6) is 0 Å². The molecule has 0 saturated heterocycles. The number of pyridine rings is 1. The van der Waals surface area contributed by atoms with Crippen molar-refractivity contribution >= 4 is 40.6 Å². The van der Waals surface area contributed by atoms with Crippen molar-refractivity contribution in [2.45, 2.75) is 30.7 Å². The number of halogens is 1. The van der Waals surface area contributed by atoms with Crippen LogP contribution in [0.15, 0.2) is 59.3 Å². The van der Waals surface area contributed by atoms with Crippen molar-refractivity contribution in [3.63, 3.8) is 0 Å². The fourth-order valence-electron chi connectivity index (χ4n) is 2.97. The molecule has 32 heavy (non-hydrogen) atoms. The molecule has 3 aromatic heterocycles. The molecule has 1 aromatic carbocycles. The molecule has 3 heterocycles. The Morgan fingerprint density at radius 1 is 1.25 bits per heavy atom. The summed E-state index contributed by atoms with van der Waals surface area (Å²) in [6.45, 7) is 2.75. The molecule has 0 saturated carbocycles. The van der Waals surface area contributed by atoms with Gasteiger partial charge in [-0.15, -0.1) is 21.5 Å². The summed E-state index contributed by atoms with van der Waals surface area (Å²) in [5, 5.41) is 15.7. The van der Waals surface area contributed by atoms with E-state index in [0.717, 1.165) is 29.1 Å². The number of unbranched alkanes of at least 4 members (excludes halogenated alkanes) is 1. The lowest BCUT2D eigenvalue weighted by atomic mass is 10.2. The summed E-state index contributed by atoms with van der Waals surface area (Å²) in [5.74, 6) is 1.11. The van der Waals surface area contributed by atoms with E-state index in [2.05, 4.69) is 32.4 Å². The van der Waals surface area contributed by atoms with Crippen LogP contribution in [0.2, 0.25) is 5.02 Å². The summed E-state index contributed by atoms with van der Waals surface area (Å²) in [4.78, 5) is 20.9. The zero-order valence-electron chi connectivity index (χ0n) is 17.4. The smallest absolute Gasteiger partial charge is 0.270 e. The molecule has 0 radical (unpaired) electrons. The molecule has 4 rings (SSSR count). The van der Waals surface area contributed by atoms with E-state index in [1.165, 1.54) is 23.1 Å². The molecule has 10 heteroatoms. The first kappa shape index (κ1) is 22.4. The molecule has 1 amide bonds. The molecule has 0 unspecified atom stereocenters. The number of benzene rings is 1. The number of nitrogens with zero attached hydrogens (tertiary/aromatic N) is 5. The fraction of sp³-hybridized carbons (Fsp3) is 0.227. The number of thiazole rings is 1. The fourth-order valence-corrected chi connectivity index (χ4v) is 4.90. The first-order valence-corrected chi connectivity index (χ1v) is 12.4. The molecule has 7 nitrogen and oxygen atoms in total. The average Bonchev–Trinajstić information content (AvgIpc) is 3.46. The van der Waals surface area contributed by atoms with Gasteiger partial charge in [-0.05, 0) is 36.8 Å². The lowest BCUT2D eigenvalue weighted by Gasteiger charge is -2.10. The van der Waals surface area contributed by atoms with E-state index in [0.29, 0.717) is 34.0 Å². The number of aromatic nitrogens is 5. The Morgan fingerprint density at radius 2 is 2.16 bits per heavy atom. The lowest BCUT2D eigenvalue weighted by molar-refractivity contribution is 0.0948. The minimum atomic E-state index is -0.132.